The first-order chi connectivity index (χ1) is 4.62. The maximum atomic E-state index is 2.24. The van der Waals surface area contributed by atoms with Gasteiger partial charge in [-0.15, -0.1) is 0 Å². The number of hydrogen-bond donors (Lipinski definition) is 0. The molecule has 58 valence electrons. The molecule has 0 nitrogen and oxygen atoms in total. The molecule has 0 atom stereocenters. The molecule has 0 saturated carbocycles. The highest BCUT2D eigenvalue weighted by Crippen LogP contribution is 2.22. The van der Waals surface area contributed by atoms with Crippen LogP contribution < -0.4 is 0 Å². The van der Waals surface area contributed by atoms with Gasteiger partial charge >= 0.3 is 0 Å². The van der Waals surface area contributed by atoms with Gasteiger partial charge in [0.1, 0.15) is 0 Å². The molecule has 0 bridgehead atoms. The maximum absolute atomic E-state index is 2.24. The topological polar surface area (TPSA) is 0 Å². The monoisotopic (exact) mass is 138 g/mol. The molecule has 0 heterocycles. The van der Waals surface area contributed by atoms with E-state index < -0.39 is 0 Å². The lowest BCUT2D eigenvalue weighted by molar-refractivity contribution is 0.488. The van der Waals surface area contributed by atoms with Gasteiger partial charge in [-0.3, -0.25) is 0 Å². The third kappa shape index (κ3) is 4.37. The van der Waals surface area contributed by atoms with Crippen LogP contribution in [-0.4, -0.2) is 0 Å². The highest BCUT2D eigenvalue weighted by atomic mass is 14.1. The zero-order valence-electron chi connectivity index (χ0n) is 7.52. The van der Waals surface area contributed by atoms with Crippen LogP contribution >= 0.6 is 0 Å². The highest BCUT2D eigenvalue weighted by molar-refractivity contribution is 4.97. The van der Waals surface area contributed by atoms with Crippen molar-refractivity contribution in [2.75, 3.05) is 0 Å². The van der Waals surface area contributed by atoms with Gasteiger partial charge in [0.2, 0.25) is 0 Å². The Hall–Kier alpha value is -0.520. The summed E-state index contributed by atoms with van der Waals surface area (Å²) in [5, 5.41) is 0. The molecular weight excluding hydrogens is 120 g/mol. The van der Waals surface area contributed by atoms with E-state index in [-0.39, 0.29) is 0 Å². The van der Waals surface area contributed by atoms with E-state index in [4.69, 9.17) is 0 Å². The van der Waals surface area contributed by atoms with Gasteiger partial charge in [-0.1, -0.05) is 38.2 Å². The van der Waals surface area contributed by atoms with Gasteiger partial charge < -0.3 is 0 Å². The molecule has 0 radical (unpaired) electrons. The number of hydrogen-bond acceptors (Lipinski definition) is 0. The van der Waals surface area contributed by atoms with Gasteiger partial charge in [0.25, 0.3) is 0 Å². The van der Waals surface area contributed by atoms with E-state index in [1.807, 2.05) is 0 Å². The summed E-state index contributed by atoms with van der Waals surface area (Å²) in [6.07, 6.45) is 9.80. The minimum absolute atomic E-state index is 0.335. The van der Waals surface area contributed by atoms with Crippen molar-refractivity contribution >= 4 is 0 Å². The van der Waals surface area contributed by atoms with Crippen molar-refractivity contribution in [3.8, 4) is 0 Å². The van der Waals surface area contributed by atoms with Gasteiger partial charge in [0, 0.05) is 0 Å². The van der Waals surface area contributed by atoms with E-state index in [9.17, 15) is 0 Å². The maximum Gasteiger partial charge on any atom is -0.0140 e. The predicted molar refractivity (Wildman–Crippen MR) is 48.0 cm³/mol. The summed E-state index contributed by atoms with van der Waals surface area (Å²) in [6, 6.07) is 0. The standard InChI is InChI=1S/C10H18/c1-5-7-9-10(3,4)8-6-2/h5-8H,9H2,1-4H3. The minimum atomic E-state index is 0.335. The largest absolute Gasteiger partial charge is 0.0916 e. The van der Waals surface area contributed by atoms with Crippen molar-refractivity contribution in [3.05, 3.63) is 24.3 Å². The normalized spacial score (nSPS) is 13.6. The van der Waals surface area contributed by atoms with Crippen LogP contribution in [0.25, 0.3) is 0 Å². The second-order valence-corrected chi connectivity index (χ2v) is 3.26. The van der Waals surface area contributed by atoms with Gasteiger partial charge in [-0.2, -0.15) is 0 Å². The lowest BCUT2D eigenvalue weighted by Crippen LogP contribution is -2.04. The first-order valence-electron chi connectivity index (χ1n) is 3.87. The summed E-state index contributed by atoms with van der Waals surface area (Å²) < 4.78 is 0. The third-order valence-corrected chi connectivity index (χ3v) is 1.50. The Balaban J connectivity index is 3.86. The van der Waals surface area contributed by atoms with Crippen molar-refractivity contribution in [1.29, 1.82) is 0 Å². The van der Waals surface area contributed by atoms with Crippen LogP contribution in [0, 0.1) is 5.41 Å². The molecule has 0 aromatic carbocycles. The van der Waals surface area contributed by atoms with Gasteiger partial charge in [0.05, 0.1) is 0 Å². The lowest BCUT2D eigenvalue weighted by Gasteiger charge is -2.16. The van der Waals surface area contributed by atoms with E-state index in [2.05, 4.69) is 52.0 Å². The summed E-state index contributed by atoms with van der Waals surface area (Å²) in [7, 11) is 0. The quantitative estimate of drug-likeness (QED) is 0.523. The van der Waals surface area contributed by atoms with E-state index in [1.165, 1.54) is 0 Å². The number of rotatable bonds is 3. The van der Waals surface area contributed by atoms with Crippen LogP contribution in [-0.2, 0) is 0 Å². The van der Waals surface area contributed by atoms with Crippen LogP contribution in [0.15, 0.2) is 24.3 Å². The molecule has 0 unspecified atom stereocenters. The van der Waals surface area contributed by atoms with Gasteiger partial charge in [-0.05, 0) is 25.7 Å². The fraction of sp³-hybridized carbons (Fsp3) is 0.600. The van der Waals surface area contributed by atoms with Crippen molar-refractivity contribution in [3.63, 3.8) is 0 Å². The van der Waals surface area contributed by atoms with Crippen LogP contribution in [0.2, 0.25) is 0 Å². The molecule has 0 fully saturated rings. The molecule has 0 aliphatic carbocycles. The van der Waals surface area contributed by atoms with Crippen LogP contribution in [0.4, 0.5) is 0 Å². The average Bonchev–Trinajstić information content (AvgIpc) is 1.84. The second kappa shape index (κ2) is 4.32. The second-order valence-electron chi connectivity index (χ2n) is 3.26. The van der Waals surface area contributed by atoms with Crippen LogP contribution in [0.5, 0.6) is 0 Å². The molecule has 0 aliphatic heterocycles. The van der Waals surface area contributed by atoms with Gasteiger partial charge in [0.15, 0.2) is 0 Å². The Bertz CT molecular complexity index is 127. The molecule has 0 N–H and O–H groups in total. The summed E-state index contributed by atoms with van der Waals surface area (Å²) in [4.78, 5) is 0. The Morgan fingerprint density at radius 2 is 1.70 bits per heavy atom. The summed E-state index contributed by atoms with van der Waals surface area (Å²) in [5.41, 5.74) is 0.335. The molecule has 0 spiro atoms. The Morgan fingerprint density at radius 3 is 2.10 bits per heavy atom. The highest BCUT2D eigenvalue weighted by Gasteiger charge is 2.09. The molecule has 0 aliphatic rings. The van der Waals surface area contributed by atoms with E-state index in [1.54, 1.807) is 0 Å². The van der Waals surface area contributed by atoms with Gasteiger partial charge in [-0.25, -0.2) is 0 Å². The molecule has 0 heteroatoms. The Morgan fingerprint density at radius 1 is 1.10 bits per heavy atom. The lowest BCUT2D eigenvalue weighted by atomic mass is 9.89. The zero-order chi connectivity index (χ0) is 8.04. The first-order valence-corrected chi connectivity index (χ1v) is 3.87. The van der Waals surface area contributed by atoms with Crippen LogP contribution in [0.3, 0.4) is 0 Å². The smallest absolute Gasteiger partial charge is 0.0140 e. The fourth-order valence-electron chi connectivity index (χ4n) is 0.941. The Kier molecular flexibility index (Phi) is 4.10. The van der Waals surface area contributed by atoms with Crippen molar-refractivity contribution in [2.45, 2.75) is 34.1 Å². The molecular formula is C10H18. The molecule has 0 rings (SSSR count). The van der Waals surface area contributed by atoms with Crippen molar-refractivity contribution in [2.24, 2.45) is 5.41 Å². The zero-order valence-corrected chi connectivity index (χ0v) is 7.52. The van der Waals surface area contributed by atoms with Crippen molar-refractivity contribution < 1.29 is 0 Å². The summed E-state index contributed by atoms with van der Waals surface area (Å²) in [5.74, 6) is 0. The SMILES string of the molecule is CC=CCC(C)(C)C=CC. The minimum Gasteiger partial charge on any atom is -0.0916 e. The average molecular weight is 138 g/mol. The fourth-order valence-corrected chi connectivity index (χ4v) is 0.941. The van der Waals surface area contributed by atoms with Crippen molar-refractivity contribution in [1.82, 2.24) is 0 Å². The van der Waals surface area contributed by atoms with E-state index >= 15 is 0 Å². The molecule has 0 amide bonds. The number of allylic oxidation sites excluding steroid dienone is 4. The molecule has 0 aromatic heterocycles. The van der Waals surface area contributed by atoms with E-state index in [0.29, 0.717) is 5.41 Å². The summed E-state index contributed by atoms with van der Waals surface area (Å²) in [6.45, 7) is 8.61. The van der Waals surface area contributed by atoms with E-state index in [0.717, 1.165) is 6.42 Å². The molecule has 0 saturated heterocycles. The Labute approximate surface area is 64.6 Å². The first kappa shape index (κ1) is 9.48. The third-order valence-electron chi connectivity index (χ3n) is 1.50. The predicted octanol–water partition coefficient (Wildman–Crippen LogP) is 3.55. The molecule has 0 aromatic rings. The van der Waals surface area contributed by atoms with Crippen LogP contribution in [0.1, 0.15) is 34.1 Å². The molecule has 10 heavy (non-hydrogen) atoms. The summed E-state index contributed by atoms with van der Waals surface area (Å²) >= 11 is 0.